The van der Waals surface area contributed by atoms with E-state index in [4.69, 9.17) is 14.8 Å². The number of furan rings is 1. The number of benzene rings is 3. The van der Waals surface area contributed by atoms with Gasteiger partial charge in [0.1, 0.15) is 23.0 Å². The predicted molar refractivity (Wildman–Crippen MR) is 112 cm³/mol. The molecule has 0 aliphatic heterocycles. The van der Waals surface area contributed by atoms with Gasteiger partial charge in [-0.2, -0.15) is 5.26 Å². The lowest BCUT2D eigenvalue weighted by Crippen LogP contribution is -2.09. The molecule has 0 aliphatic rings. The van der Waals surface area contributed by atoms with Crippen LogP contribution in [0.4, 0.5) is 17.1 Å². The molecular weight excluding hydrogens is 364 g/mol. The Labute approximate surface area is 167 Å². The SMILES string of the molecule is N#C/C(=C\c1cc2ccc(N(c3ccccc3)c3ccccc3)cc2o1)C(=O)O. The number of hydrogen-bond donors (Lipinski definition) is 1. The van der Waals surface area contributed by atoms with E-state index >= 15 is 0 Å². The van der Waals surface area contributed by atoms with Gasteiger partial charge in [0.15, 0.2) is 0 Å². The molecule has 1 heterocycles. The second kappa shape index (κ2) is 7.75. The molecule has 1 N–H and O–H groups in total. The van der Waals surface area contributed by atoms with Gasteiger partial charge >= 0.3 is 5.97 Å². The highest BCUT2D eigenvalue weighted by molar-refractivity contribution is 5.97. The first-order chi connectivity index (χ1) is 14.2. The maximum absolute atomic E-state index is 11.1. The number of anilines is 3. The molecule has 0 unspecified atom stereocenters. The number of para-hydroxylation sites is 2. The largest absolute Gasteiger partial charge is 0.477 e. The normalized spacial score (nSPS) is 11.2. The summed E-state index contributed by atoms with van der Waals surface area (Å²) in [5.74, 6) is -0.963. The van der Waals surface area contributed by atoms with Crippen LogP contribution in [-0.4, -0.2) is 11.1 Å². The fourth-order valence-electron chi connectivity index (χ4n) is 3.14. The second-order valence-electron chi connectivity index (χ2n) is 6.35. The highest BCUT2D eigenvalue weighted by atomic mass is 16.4. The lowest BCUT2D eigenvalue weighted by atomic mass is 10.1. The van der Waals surface area contributed by atoms with Crippen LogP contribution in [0.2, 0.25) is 0 Å². The fourth-order valence-corrected chi connectivity index (χ4v) is 3.14. The van der Waals surface area contributed by atoms with E-state index in [9.17, 15) is 4.79 Å². The monoisotopic (exact) mass is 380 g/mol. The zero-order chi connectivity index (χ0) is 20.2. The van der Waals surface area contributed by atoms with E-state index in [0.29, 0.717) is 11.3 Å². The average Bonchev–Trinajstić information content (AvgIpc) is 3.15. The van der Waals surface area contributed by atoms with Crippen LogP contribution < -0.4 is 4.90 Å². The smallest absolute Gasteiger partial charge is 0.346 e. The molecule has 1 aromatic heterocycles. The number of carboxylic acids is 1. The highest BCUT2D eigenvalue weighted by Gasteiger charge is 2.14. The van der Waals surface area contributed by atoms with E-state index in [1.54, 1.807) is 12.1 Å². The van der Waals surface area contributed by atoms with Crippen LogP contribution in [0.25, 0.3) is 17.0 Å². The van der Waals surface area contributed by atoms with Crippen LogP contribution in [0, 0.1) is 11.3 Å². The van der Waals surface area contributed by atoms with Crippen LogP contribution in [0.5, 0.6) is 0 Å². The lowest BCUT2D eigenvalue weighted by Gasteiger charge is -2.25. The Morgan fingerprint density at radius 3 is 2.07 bits per heavy atom. The van der Waals surface area contributed by atoms with Crippen molar-refractivity contribution in [1.29, 1.82) is 5.26 Å². The average molecular weight is 380 g/mol. The van der Waals surface area contributed by atoms with Crippen molar-refractivity contribution < 1.29 is 14.3 Å². The molecule has 3 aromatic carbocycles. The first-order valence-electron chi connectivity index (χ1n) is 8.94. The molecule has 140 valence electrons. The van der Waals surface area contributed by atoms with Crippen molar-refractivity contribution in [2.75, 3.05) is 4.90 Å². The summed E-state index contributed by atoms with van der Waals surface area (Å²) in [6.07, 6.45) is 1.23. The Kier molecular flexibility index (Phi) is 4.83. The fraction of sp³-hybridized carbons (Fsp3) is 0. The maximum Gasteiger partial charge on any atom is 0.346 e. The predicted octanol–water partition coefficient (Wildman–Crippen LogP) is 5.89. The molecule has 4 aromatic rings. The van der Waals surface area contributed by atoms with Gasteiger partial charge < -0.3 is 14.4 Å². The number of rotatable bonds is 5. The summed E-state index contributed by atoms with van der Waals surface area (Å²) in [6, 6.07) is 29.1. The molecule has 0 aliphatic carbocycles. The molecule has 0 amide bonds. The number of aliphatic carboxylic acids is 1. The van der Waals surface area contributed by atoms with Crippen molar-refractivity contribution in [2.24, 2.45) is 0 Å². The summed E-state index contributed by atoms with van der Waals surface area (Å²) in [5, 5.41) is 18.8. The van der Waals surface area contributed by atoms with Gasteiger partial charge in [0, 0.05) is 34.6 Å². The minimum atomic E-state index is -1.28. The van der Waals surface area contributed by atoms with Crippen molar-refractivity contribution in [3.05, 3.63) is 96.3 Å². The zero-order valence-electron chi connectivity index (χ0n) is 15.3. The zero-order valence-corrected chi connectivity index (χ0v) is 15.3. The van der Waals surface area contributed by atoms with Crippen LogP contribution in [0.3, 0.4) is 0 Å². The van der Waals surface area contributed by atoms with Crippen molar-refractivity contribution in [3.8, 4) is 6.07 Å². The third kappa shape index (κ3) is 3.73. The molecular formula is C24H16N2O3. The summed E-state index contributed by atoms with van der Waals surface area (Å²) in [7, 11) is 0. The molecule has 4 rings (SSSR count). The van der Waals surface area contributed by atoms with Gasteiger partial charge in [0.25, 0.3) is 0 Å². The van der Waals surface area contributed by atoms with Crippen LogP contribution in [-0.2, 0) is 4.79 Å². The number of hydrogen-bond acceptors (Lipinski definition) is 4. The second-order valence-corrected chi connectivity index (χ2v) is 6.35. The van der Waals surface area contributed by atoms with E-state index in [0.717, 1.165) is 22.4 Å². The van der Waals surface area contributed by atoms with Gasteiger partial charge in [-0.1, -0.05) is 36.4 Å². The molecule has 0 saturated carbocycles. The number of nitrogens with zero attached hydrogens (tertiary/aromatic N) is 2. The van der Waals surface area contributed by atoms with Crippen molar-refractivity contribution in [1.82, 2.24) is 0 Å². The van der Waals surface area contributed by atoms with E-state index in [1.807, 2.05) is 78.9 Å². The topological polar surface area (TPSA) is 77.5 Å². The standard InChI is InChI=1S/C24H16N2O3/c25-16-18(24(27)28)14-22-13-17-11-12-21(15-23(17)29-22)26(19-7-3-1-4-8-19)20-9-5-2-6-10-20/h1-15H,(H,27,28)/b18-14+. The Morgan fingerprint density at radius 2 is 1.52 bits per heavy atom. The molecule has 0 fully saturated rings. The van der Waals surface area contributed by atoms with E-state index in [2.05, 4.69) is 4.90 Å². The lowest BCUT2D eigenvalue weighted by molar-refractivity contribution is -0.132. The maximum atomic E-state index is 11.1. The van der Waals surface area contributed by atoms with Gasteiger partial charge in [-0.15, -0.1) is 0 Å². The Bertz CT molecular complexity index is 1200. The number of carboxylic acid groups (broad SMARTS) is 1. The molecule has 0 radical (unpaired) electrons. The van der Waals surface area contributed by atoms with Crippen molar-refractivity contribution >= 4 is 40.1 Å². The molecule has 0 bridgehead atoms. The molecule has 0 saturated heterocycles. The highest BCUT2D eigenvalue weighted by Crippen LogP contribution is 2.36. The summed E-state index contributed by atoms with van der Waals surface area (Å²) < 4.78 is 5.80. The van der Waals surface area contributed by atoms with Gasteiger partial charge in [0.2, 0.25) is 0 Å². The van der Waals surface area contributed by atoms with Crippen LogP contribution in [0.1, 0.15) is 5.76 Å². The van der Waals surface area contributed by atoms with E-state index in [1.165, 1.54) is 6.08 Å². The molecule has 29 heavy (non-hydrogen) atoms. The summed E-state index contributed by atoms with van der Waals surface area (Å²) in [4.78, 5) is 13.2. The summed E-state index contributed by atoms with van der Waals surface area (Å²) in [5.41, 5.74) is 3.14. The molecule has 5 nitrogen and oxygen atoms in total. The Balaban J connectivity index is 1.81. The number of carbonyl (C=O) groups is 1. The van der Waals surface area contributed by atoms with Gasteiger partial charge in [-0.3, -0.25) is 0 Å². The molecule has 5 heteroatoms. The van der Waals surface area contributed by atoms with Crippen LogP contribution >= 0.6 is 0 Å². The van der Waals surface area contributed by atoms with Gasteiger partial charge in [0.05, 0.1) is 0 Å². The Hall–Kier alpha value is -4.30. The first-order valence-corrected chi connectivity index (χ1v) is 8.94. The molecule has 0 atom stereocenters. The third-order valence-corrected chi connectivity index (χ3v) is 4.45. The van der Waals surface area contributed by atoms with Gasteiger partial charge in [-0.25, -0.2) is 4.79 Å². The minimum Gasteiger partial charge on any atom is -0.477 e. The van der Waals surface area contributed by atoms with Crippen LogP contribution in [0.15, 0.2) is 94.9 Å². The number of nitriles is 1. The summed E-state index contributed by atoms with van der Waals surface area (Å²) >= 11 is 0. The quantitative estimate of drug-likeness (QED) is 0.345. The molecule has 0 spiro atoms. The number of fused-ring (bicyclic) bond motifs is 1. The van der Waals surface area contributed by atoms with E-state index < -0.39 is 5.97 Å². The Morgan fingerprint density at radius 1 is 0.897 bits per heavy atom. The summed E-state index contributed by atoms with van der Waals surface area (Å²) in [6.45, 7) is 0. The minimum absolute atomic E-state index is 0.321. The van der Waals surface area contributed by atoms with Crippen molar-refractivity contribution in [2.45, 2.75) is 0 Å². The van der Waals surface area contributed by atoms with Gasteiger partial charge in [-0.05, 0) is 42.5 Å². The first kappa shape index (κ1) is 18.1. The third-order valence-electron chi connectivity index (χ3n) is 4.45. The van der Waals surface area contributed by atoms with Crippen molar-refractivity contribution in [3.63, 3.8) is 0 Å². The van der Waals surface area contributed by atoms with E-state index in [-0.39, 0.29) is 5.57 Å².